The first-order valence-corrected chi connectivity index (χ1v) is 9.89. The number of rotatable bonds is 8. The molecule has 0 radical (unpaired) electrons. The number of hydrogen-bond acceptors (Lipinski definition) is 2. The van der Waals surface area contributed by atoms with Crippen molar-refractivity contribution in [2.75, 3.05) is 13.2 Å². The third-order valence-electron chi connectivity index (χ3n) is 4.61. The van der Waals surface area contributed by atoms with Gasteiger partial charge in [0.25, 0.3) is 0 Å². The molecule has 0 bridgehead atoms. The first-order chi connectivity index (χ1) is 12.8. The number of unbranched alkanes of at least 4 members (excludes halogenated alkanes) is 3. The summed E-state index contributed by atoms with van der Waals surface area (Å²) in [4.78, 5) is 4.69. The molecular formula is C23H26ClNO. The zero-order valence-electron chi connectivity index (χ0n) is 15.4. The van der Waals surface area contributed by atoms with E-state index in [9.17, 15) is 0 Å². The molecule has 0 aliphatic carbocycles. The summed E-state index contributed by atoms with van der Waals surface area (Å²) in [5.41, 5.74) is 4.53. The van der Waals surface area contributed by atoms with E-state index in [4.69, 9.17) is 16.3 Å². The molecule has 2 nitrogen and oxygen atoms in total. The number of halogens is 1. The summed E-state index contributed by atoms with van der Waals surface area (Å²) in [5.74, 6) is 0.969. The lowest BCUT2D eigenvalue weighted by Crippen LogP contribution is -2.11. The van der Waals surface area contributed by atoms with Crippen molar-refractivity contribution in [2.24, 2.45) is 4.99 Å². The Balaban J connectivity index is 1.67. The molecule has 0 unspecified atom stereocenters. The van der Waals surface area contributed by atoms with E-state index in [-0.39, 0.29) is 0 Å². The standard InChI is InChI=1S/C23H26ClNO/c1-2-3-4-7-16-26-20-11-12-21-19(17-20)14-15-25-23(21)13-10-18-8-5-6-9-22(18)24/h5-6,8-13,17H,2-4,7,14-16H2,1H3/b13-10+. The van der Waals surface area contributed by atoms with Crippen LogP contribution in [-0.4, -0.2) is 18.9 Å². The fraction of sp³-hybridized carbons (Fsp3) is 0.348. The molecule has 2 aromatic rings. The fourth-order valence-corrected chi connectivity index (χ4v) is 3.34. The summed E-state index contributed by atoms with van der Waals surface area (Å²) < 4.78 is 5.92. The van der Waals surface area contributed by atoms with E-state index in [2.05, 4.69) is 36.2 Å². The zero-order valence-corrected chi connectivity index (χ0v) is 16.1. The van der Waals surface area contributed by atoms with Crippen molar-refractivity contribution >= 4 is 23.4 Å². The van der Waals surface area contributed by atoms with Crippen molar-refractivity contribution in [1.82, 2.24) is 0 Å². The molecule has 26 heavy (non-hydrogen) atoms. The van der Waals surface area contributed by atoms with Crippen LogP contribution >= 0.6 is 11.6 Å². The Kier molecular flexibility index (Phi) is 6.90. The van der Waals surface area contributed by atoms with Crippen LogP contribution in [0.2, 0.25) is 5.02 Å². The molecule has 0 saturated heterocycles. The normalized spacial score (nSPS) is 13.5. The summed E-state index contributed by atoms with van der Waals surface area (Å²) in [6.07, 6.45) is 9.96. The van der Waals surface area contributed by atoms with Crippen molar-refractivity contribution in [3.05, 3.63) is 70.3 Å². The van der Waals surface area contributed by atoms with Gasteiger partial charge in [0.15, 0.2) is 0 Å². The highest BCUT2D eigenvalue weighted by molar-refractivity contribution is 6.32. The Morgan fingerprint density at radius 1 is 1.08 bits per heavy atom. The van der Waals surface area contributed by atoms with Crippen LogP contribution in [0.3, 0.4) is 0 Å². The van der Waals surface area contributed by atoms with Crippen LogP contribution in [0.4, 0.5) is 0 Å². The molecule has 0 saturated carbocycles. The molecule has 3 rings (SSSR count). The number of ether oxygens (including phenoxy) is 1. The van der Waals surface area contributed by atoms with Gasteiger partial charge >= 0.3 is 0 Å². The van der Waals surface area contributed by atoms with Gasteiger partial charge in [-0.15, -0.1) is 0 Å². The Morgan fingerprint density at radius 3 is 2.81 bits per heavy atom. The highest BCUT2D eigenvalue weighted by Crippen LogP contribution is 2.24. The molecule has 0 amide bonds. The first kappa shape index (κ1) is 18.7. The second kappa shape index (κ2) is 9.59. The van der Waals surface area contributed by atoms with Crippen LogP contribution in [0.25, 0.3) is 6.08 Å². The lowest BCUT2D eigenvalue weighted by Gasteiger charge is -2.16. The molecule has 2 aromatic carbocycles. The number of allylic oxidation sites excluding steroid dienone is 1. The van der Waals surface area contributed by atoms with E-state index in [0.29, 0.717) is 0 Å². The van der Waals surface area contributed by atoms with Gasteiger partial charge < -0.3 is 4.74 Å². The Bertz CT molecular complexity index is 795. The highest BCUT2D eigenvalue weighted by atomic mass is 35.5. The maximum atomic E-state index is 6.24. The predicted octanol–water partition coefficient (Wildman–Crippen LogP) is 6.36. The topological polar surface area (TPSA) is 21.6 Å². The fourth-order valence-electron chi connectivity index (χ4n) is 3.14. The molecule has 0 fully saturated rings. The Labute approximate surface area is 161 Å². The van der Waals surface area contributed by atoms with Gasteiger partial charge in [0.2, 0.25) is 0 Å². The van der Waals surface area contributed by atoms with Crippen molar-refractivity contribution in [3.63, 3.8) is 0 Å². The number of fused-ring (bicyclic) bond motifs is 1. The van der Waals surface area contributed by atoms with Crippen molar-refractivity contribution < 1.29 is 4.74 Å². The van der Waals surface area contributed by atoms with Gasteiger partial charge in [0.1, 0.15) is 5.75 Å². The van der Waals surface area contributed by atoms with Gasteiger partial charge in [-0.1, -0.05) is 62.1 Å². The van der Waals surface area contributed by atoms with E-state index < -0.39 is 0 Å². The SMILES string of the molecule is CCCCCCOc1ccc2c(c1)CCN=C2/C=C/c1ccccc1Cl. The summed E-state index contributed by atoms with van der Waals surface area (Å²) in [6, 6.07) is 14.2. The average Bonchev–Trinajstić information content (AvgIpc) is 2.67. The second-order valence-corrected chi connectivity index (χ2v) is 7.01. The third kappa shape index (κ3) is 4.98. The smallest absolute Gasteiger partial charge is 0.119 e. The number of nitrogens with zero attached hydrogens (tertiary/aromatic N) is 1. The van der Waals surface area contributed by atoms with E-state index >= 15 is 0 Å². The second-order valence-electron chi connectivity index (χ2n) is 6.60. The summed E-state index contributed by atoms with van der Waals surface area (Å²) in [5, 5.41) is 0.757. The molecule has 0 atom stereocenters. The maximum Gasteiger partial charge on any atom is 0.119 e. The zero-order chi connectivity index (χ0) is 18.2. The van der Waals surface area contributed by atoms with Gasteiger partial charge in [-0.2, -0.15) is 0 Å². The largest absolute Gasteiger partial charge is 0.494 e. The van der Waals surface area contributed by atoms with E-state index in [1.54, 1.807) is 0 Å². The summed E-state index contributed by atoms with van der Waals surface area (Å²) in [7, 11) is 0. The lowest BCUT2D eigenvalue weighted by atomic mass is 9.96. The highest BCUT2D eigenvalue weighted by Gasteiger charge is 2.13. The molecule has 1 heterocycles. The van der Waals surface area contributed by atoms with Crippen LogP contribution in [0, 0.1) is 0 Å². The number of hydrogen-bond donors (Lipinski definition) is 0. The Morgan fingerprint density at radius 2 is 1.96 bits per heavy atom. The van der Waals surface area contributed by atoms with E-state index in [0.717, 1.165) is 48.0 Å². The van der Waals surface area contributed by atoms with Crippen LogP contribution < -0.4 is 4.74 Å². The Hall–Kier alpha value is -2.06. The number of benzene rings is 2. The van der Waals surface area contributed by atoms with Crippen LogP contribution in [0.15, 0.2) is 53.5 Å². The molecule has 136 valence electrons. The van der Waals surface area contributed by atoms with E-state index in [1.807, 2.05) is 30.3 Å². The minimum atomic E-state index is 0.757. The van der Waals surface area contributed by atoms with Gasteiger partial charge in [0, 0.05) is 17.1 Å². The van der Waals surface area contributed by atoms with Gasteiger partial charge in [0.05, 0.1) is 12.3 Å². The van der Waals surface area contributed by atoms with Crippen molar-refractivity contribution in [3.8, 4) is 5.75 Å². The van der Waals surface area contributed by atoms with Crippen molar-refractivity contribution in [1.29, 1.82) is 0 Å². The minimum absolute atomic E-state index is 0.757. The molecule has 3 heteroatoms. The quantitative estimate of drug-likeness (QED) is 0.497. The molecule has 0 N–H and O–H groups in total. The van der Waals surface area contributed by atoms with Gasteiger partial charge in [-0.3, -0.25) is 4.99 Å². The molecule has 1 aliphatic rings. The third-order valence-corrected chi connectivity index (χ3v) is 4.95. The minimum Gasteiger partial charge on any atom is -0.494 e. The lowest BCUT2D eigenvalue weighted by molar-refractivity contribution is 0.305. The predicted molar refractivity (Wildman–Crippen MR) is 112 cm³/mol. The molecule has 0 spiro atoms. The van der Waals surface area contributed by atoms with E-state index in [1.165, 1.54) is 30.4 Å². The van der Waals surface area contributed by atoms with Gasteiger partial charge in [-0.05, 0) is 54.3 Å². The summed E-state index contributed by atoms with van der Waals surface area (Å²) in [6.45, 7) is 3.84. The first-order valence-electron chi connectivity index (χ1n) is 9.51. The van der Waals surface area contributed by atoms with Gasteiger partial charge in [-0.25, -0.2) is 0 Å². The van der Waals surface area contributed by atoms with Crippen LogP contribution in [0.5, 0.6) is 5.75 Å². The van der Waals surface area contributed by atoms with Crippen LogP contribution in [0.1, 0.15) is 49.3 Å². The van der Waals surface area contributed by atoms with Crippen molar-refractivity contribution in [2.45, 2.75) is 39.0 Å². The monoisotopic (exact) mass is 367 g/mol. The molecular weight excluding hydrogens is 342 g/mol. The van der Waals surface area contributed by atoms with Crippen LogP contribution in [-0.2, 0) is 6.42 Å². The maximum absolute atomic E-state index is 6.24. The summed E-state index contributed by atoms with van der Waals surface area (Å²) >= 11 is 6.24. The molecule has 0 aromatic heterocycles. The molecule has 1 aliphatic heterocycles. The number of aliphatic imine (C=N–C) groups is 1. The average molecular weight is 368 g/mol.